The third-order valence-electron chi connectivity index (χ3n) is 1.73. The first-order valence-corrected chi connectivity index (χ1v) is 5.11. The molecule has 0 radical (unpaired) electrons. The predicted octanol–water partition coefficient (Wildman–Crippen LogP) is 2.57. The van der Waals surface area contributed by atoms with Crippen molar-refractivity contribution < 1.29 is 4.74 Å². The van der Waals surface area contributed by atoms with Crippen LogP contribution in [-0.2, 0) is 0 Å². The molecule has 0 fully saturated rings. The van der Waals surface area contributed by atoms with E-state index in [2.05, 4.69) is 17.2 Å². The minimum absolute atomic E-state index is 0.510. The number of rotatable bonds is 2. The molecular formula is C11H11Cl2NO. The van der Waals surface area contributed by atoms with Gasteiger partial charge in [0.25, 0.3) is 0 Å². The second-order valence-electron chi connectivity index (χ2n) is 2.80. The lowest BCUT2D eigenvalue weighted by molar-refractivity contribution is 0.415. The molecule has 0 bridgehead atoms. The van der Waals surface area contributed by atoms with E-state index < -0.39 is 0 Å². The SMILES string of the molecule is CNCC#Cc1cc(Cl)c(OC)cc1Cl. The van der Waals surface area contributed by atoms with Gasteiger partial charge in [0.15, 0.2) is 0 Å². The van der Waals surface area contributed by atoms with Crippen LogP contribution in [0.2, 0.25) is 10.0 Å². The largest absolute Gasteiger partial charge is 0.495 e. The van der Waals surface area contributed by atoms with Crippen molar-refractivity contribution in [3.05, 3.63) is 27.7 Å². The summed E-state index contributed by atoms with van der Waals surface area (Å²) in [6, 6.07) is 3.36. The van der Waals surface area contributed by atoms with E-state index in [0.717, 1.165) is 0 Å². The standard InChI is InChI=1S/C11H11Cl2NO/c1-14-5-3-4-8-6-10(13)11(15-2)7-9(8)12/h6-7,14H,5H2,1-2H3. The lowest BCUT2D eigenvalue weighted by Gasteiger charge is -2.04. The van der Waals surface area contributed by atoms with Crippen molar-refractivity contribution in [2.75, 3.05) is 20.7 Å². The molecule has 1 aromatic rings. The Hall–Kier alpha value is -0.880. The summed E-state index contributed by atoms with van der Waals surface area (Å²) in [6.45, 7) is 0.611. The number of hydrogen-bond acceptors (Lipinski definition) is 2. The van der Waals surface area contributed by atoms with E-state index in [9.17, 15) is 0 Å². The number of methoxy groups -OCH3 is 1. The Morgan fingerprint density at radius 2 is 2.07 bits per heavy atom. The van der Waals surface area contributed by atoms with Gasteiger partial charge >= 0.3 is 0 Å². The monoisotopic (exact) mass is 243 g/mol. The minimum atomic E-state index is 0.510. The first kappa shape index (κ1) is 12.2. The van der Waals surface area contributed by atoms with Crippen LogP contribution in [0.4, 0.5) is 0 Å². The number of hydrogen-bond donors (Lipinski definition) is 1. The summed E-state index contributed by atoms with van der Waals surface area (Å²) in [7, 11) is 3.38. The molecule has 80 valence electrons. The summed E-state index contributed by atoms with van der Waals surface area (Å²) in [5.74, 6) is 6.39. The van der Waals surface area contributed by atoms with Gasteiger partial charge in [0.2, 0.25) is 0 Å². The van der Waals surface area contributed by atoms with Crippen LogP contribution in [0.5, 0.6) is 5.75 Å². The summed E-state index contributed by atoms with van der Waals surface area (Å²) >= 11 is 11.9. The van der Waals surface area contributed by atoms with Crippen molar-refractivity contribution in [1.29, 1.82) is 0 Å². The van der Waals surface area contributed by atoms with Crippen LogP contribution in [0.1, 0.15) is 5.56 Å². The fourth-order valence-corrected chi connectivity index (χ4v) is 1.45. The van der Waals surface area contributed by atoms with Gasteiger partial charge in [-0.1, -0.05) is 35.0 Å². The minimum Gasteiger partial charge on any atom is -0.495 e. The predicted molar refractivity (Wildman–Crippen MR) is 63.8 cm³/mol. The van der Waals surface area contributed by atoms with E-state index >= 15 is 0 Å². The molecule has 1 N–H and O–H groups in total. The Morgan fingerprint density at radius 1 is 1.33 bits per heavy atom. The first-order valence-electron chi connectivity index (χ1n) is 4.35. The molecule has 0 heterocycles. The van der Waals surface area contributed by atoms with E-state index in [1.807, 2.05) is 7.05 Å². The summed E-state index contributed by atoms with van der Waals surface area (Å²) in [4.78, 5) is 0. The Morgan fingerprint density at radius 3 is 2.67 bits per heavy atom. The Kier molecular flexibility index (Phi) is 4.77. The van der Waals surface area contributed by atoms with Gasteiger partial charge in [-0.3, -0.25) is 0 Å². The van der Waals surface area contributed by atoms with Gasteiger partial charge in [0.05, 0.1) is 23.7 Å². The van der Waals surface area contributed by atoms with Gasteiger partial charge in [-0.15, -0.1) is 0 Å². The highest BCUT2D eigenvalue weighted by Gasteiger charge is 2.05. The van der Waals surface area contributed by atoms with E-state index in [0.29, 0.717) is 27.9 Å². The average Bonchev–Trinajstić information content (AvgIpc) is 2.23. The van der Waals surface area contributed by atoms with Crippen molar-refractivity contribution in [2.24, 2.45) is 0 Å². The molecule has 2 nitrogen and oxygen atoms in total. The molecule has 0 aromatic heterocycles. The quantitative estimate of drug-likeness (QED) is 0.807. The maximum absolute atomic E-state index is 6.00. The molecule has 0 aliphatic heterocycles. The van der Waals surface area contributed by atoms with E-state index in [4.69, 9.17) is 27.9 Å². The lowest BCUT2D eigenvalue weighted by Crippen LogP contribution is -2.04. The molecule has 4 heteroatoms. The summed E-state index contributed by atoms with van der Waals surface area (Å²) < 4.78 is 5.03. The highest BCUT2D eigenvalue weighted by atomic mass is 35.5. The molecule has 0 amide bonds. The molecule has 1 aromatic carbocycles. The van der Waals surface area contributed by atoms with Crippen LogP contribution in [0.25, 0.3) is 0 Å². The second-order valence-corrected chi connectivity index (χ2v) is 3.61. The molecule has 0 saturated heterocycles. The molecule has 0 saturated carbocycles. The highest BCUT2D eigenvalue weighted by molar-refractivity contribution is 6.35. The highest BCUT2D eigenvalue weighted by Crippen LogP contribution is 2.30. The van der Waals surface area contributed by atoms with Crippen molar-refractivity contribution >= 4 is 23.2 Å². The Labute approximate surface area is 99.5 Å². The van der Waals surface area contributed by atoms with Gasteiger partial charge in [0.1, 0.15) is 5.75 Å². The summed E-state index contributed by atoms with van der Waals surface area (Å²) in [5, 5.41) is 3.97. The Bertz CT molecular complexity index is 407. The molecule has 0 unspecified atom stereocenters. The van der Waals surface area contributed by atoms with Crippen LogP contribution in [0.15, 0.2) is 12.1 Å². The number of benzene rings is 1. The maximum Gasteiger partial charge on any atom is 0.139 e. The van der Waals surface area contributed by atoms with E-state index in [1.54, 1.807) is 19.2 Å². The molecule has 0 spiro atoms. The topological polar surface area (TPSA) is 21.3 Å². The lowest BCUT2D eigenvalue weighted by atomic mass is 10.2. The summed E-state index contributed by atoms with van der Waals surface area (Å²) in [6.07, 6.45) is 0. The van der Waals surface area contributed by atoms with Gasteiger partial charge in [0, 0.05) is 11.6 Å². The Balaban J connectivity index is 3.01. The smallest absolute Gasteiger partial charge is 0.139 e. The number of nitrogens with one attached hydrogen (secondary N) is 1. The van der Waals surface area contributed by atoms with Crippen molar-refractivity contribution in [3.8, 4) is 17.6 Å². The maximum atomic E-state index is 6.00. The zero-order chi connectivity index (χ0) is 11.3. The van der Waals surface area contributed by atoms with Crippen LogP contribution >= 0.6 is 23.2 Å². The normalized spacial score (nSPS) is 9.33. The molecule has 0 aliphatic carbocycles. The molecule has 0 atom stereocenters. The fraction of sp³-hybridized carbons (Fsp3) is 0.273. The van der Waals surface area contributed by atoms with Crippen LogP contribution in [0, 0.1) is 11.8 Å². The number of halogens is 2. The van der Waals surface area contributed by atoms with Gasteiger partial charge in [-0.2, -0.15) is 0 Å². The fourth-order valence-electron chi connectivity index (χ4n) is 1.01. The summed E-state index contributed by atoms with van der Waals surface area (Å²) in [5.41, 5.74) is 0.706. The van der Waals surface area contributed by atoms with Crippen LogP contribution in [-0.4, -0.2) is 20.7 Å². The number of ether oxygens (including phenoxy) is 1. The van der Waals surface area contributed by atoms with Gasteiger partial charge in [-0.25, -0.2) is 0 Å². The van der Waals surface area contributed by atoms with E-state index in [-0.39, 0.29) is 0 Å². The van der Waals surface area contributed by atoms with Crippen molar-refractivity contribution in [2.45, 2.75) is 0 Å². The molecule has 0 aliphatic rings. The van der Waals surface area contributed by atoms with Crippen molar-refractivity contribution in [3.63, 3.8) is 0 Å². The third kappa shape index (κ3) is 3.32. The molecule has 15 heavy (non-hydrogen) atoms. The molecule has 1 rings (SSSR count). The zero-order valence-electron chi connectivity index (χ0n) is 8.53. The van der Waals surface area contributed by atoms with Crippen LogP contribution in [0.3, 0.4) is 0 Å². The van der Waals surface area contributed by atoms with Gasteiger partial charge in [-0.05, 0) is 13.1 Å². The van der Waals surface area contributed by atoms with Crippen LogP contribution < -0.4 is 10.1 Å². The zero-order valence-corrected chi connectivity index (χ0v) is 10.0. The van der Waals surface area contributed by atoms with E-state index in [1.165, 1.54) is 0 Å². The molecular weight excluding hydrogens is 233 g/mol. The van der Waals surface area contributed by atoms with Crippen molar-refractivity contribution in [1.82, 2.24) is 5.32 Å². The third-order valence-corrected chi connectivity index (χ3v) is 2.34. The van der Waals surface area contributed by atoms with Gasteiger partial charge < -0.3 is 10.1 Å². The second kappa shape index (κ2) is 5.87. The first-order chi connectivity index (χ1) is 7.19. The average molecular weight is 244 g/mol.